The lowest BCUT2D eigenvalue weighted by atomic mass is 10.2. The predicted molar refractivity (Wildman–Crippen MR) is 98.4 cm³/mol. The predicted octanol–water partition coefficient (Wildman–Crippen LogP) is 2.89. The Hall–Kier alpha value is -2.36. The molecule has 0 bridgehead atoms. The molecule has 1 heterocycles. The molecule has 1 saturated heterocycles. The largest absolute Gasteiger partial charge is 0.378 e. The highest BCUT2D eigenvalue weighted by atomic mass is 35.5. The first-order chi connectivity index (χ1) is 12.4. The molecule has 138 valence electrons. The van der Waals surface area contributed by atoms with Gasteiger partial charge in [-0.15, -0.1) is 0 Å². The molecule has 0 aromatic heterocycles. The molecule has 3 rings (SSSR count). The van der Waals surface area contributed by atoms with Crippen LogP contribution in [0.3, 0.4) is 0 Å². The highest BCUT2D eigenvalue weighted by molar-refractivity contribution is 7.92. The van der Waals surface area contributed by atoms with E-state index >= 15 is 0 Å². The molecule has 0 amide bonds. The zero-order valence-corrected chi connectivity index (χ0v) is 15.2. The van der Waals surface area contributed by atoms with Gasteiger partial charge >= 0.3 is 0 Å². The summed E-state index contributed by atoms with van der Waals surface area (Å²) >= 11 is 6.13. The van der Waals surface area contributed by atoms with Crippen LogP contribution in [0.5, 0.6) is 0 Å². The van der Waals surface area contributed by atoms with Crippen molar-refractivity contribution >= 4 is 38.7 Å². The van der Waals surface area contributed by atoms with E-state index in [0.29, 0.717) is 26.3 Å². The number of halogens is 1. The first kappa shape index (κ1) is 18.4. The molecule has 0 spiro atoms. The van der Waals surface area contributed by atoms with Crippen molar-refractivity contribution in [2.45, 2.75) is 4.90 Å². The smallest absolute Gasteiger partial charge is 0.270 e. The molecule has 1 N–H and O–H groups in total. The third-order valence-electron chi connectivity index (χ3n) is 3.91. The van der Waals surface area contributed by atoms with E-state index in [-0.39, 0.29) is 21.3 Å². The standard InChI is InChI=1S/C16H16ClN3O5S/c17-15-5-4-12(19-6-8-25-9-7-19)11-16(15)18-26(23,24)14-3-1-2-13(10-14)20(21)22/h1-5,10-11,18H,6-9H2. The fourth-order valence-electron chi connectivity index (χ4n) is 2.58. The molecule has 10 heteroatoms. The van der Waals surface area contributed by atoms with E-state index in [1.165, 1.54) is 18.2 Å². The minimum Gasteiger partial charge on any atom is -0.378 e. The Balaban J connectivity index is 1.89. The molecule has 0 saturated carbocycles. The van der Waals surface area contributed by atoms with Crippen LogP contribution in [0.15, 0.2) is 47.4 Å². The van der Waals surface area contributed by atoms with Gasteiger partial charge in [0.2, 0.25) is 0 Å². The summed E-state index contributed by atoms with van der Waals surface area (Å²) in [4.78, 5) is 12.1. The van der Waals surface area contributed by atoms with Crippen LogP contribution in [0.2, 0.25) is 5.02 Å². The average molecular weight is 398 g/mol. The third-order valence-corrected chi connectivity index (χ3v) is 5.60. The highest BCUT2D eigenvalue weighted by Crippen LogP contribution is 2.30. The van der Waals surface area contributed by atoms with E-state index < -0.39 is 14.9 Å². The van der Waals surface area contributed by atoms with Gasteiger partial charge in [-0.05, 0) is 24.3 Å². The van der Waals surface area contributed by atoms with Gasteiger partial charge in [-0.3, -0.25) is 14.8 Å². The van der Waals surface area contributed by atoms with E-state index in [9.17, 15) is 18.5 Å². The molecule has 1 aliphatic rings. The van der Waals surface area contributed by atoms with Gasteiger partial charge in [-0.1, -0.05) is 17.7 Å². The van der Waals surface area contributed by atoms with E-state index in [2.05, 4.69) is 9.62 Å². The lowest BCUT2D eigenvalue weighted by molar-refractivity contribution is -0.385. The molecule has 2 aromatic carbocycles. The summed E-state index contributed by atoms with van der Waals surface area (Å²) in [5.74, 6) is 0. The Labute approximate surface area is 155 Å². The Morgan fingerprint density at radius 1 is 1.15 bits per heavy atom. The second kappa shape index (κ2) is 7.48. The summed E-state index contributed by atoms with van der Waals surface area (Å²) < 4.78 is 32.9. The van der Waals surface area contributed by atoms with Gasteiger partial charge in [0.15, 0.2) is 0 Å². The van der Waals surface area contributed by atoms with E-state index in [1.54, 1.807) is 18.2 Å². The van der Waals surface area contributed by atoms with Crippen LogP contribution in [0.25, 0.3) is 0 Å². The SMILES string of the molecule is O=[N+]([O-])c1cccc(S(=O)(=O)Nc2cc(N3CCOCC3)ccc2Cl)c1. The Kier molecular flexibility index (Phi) is 5.30. The molecular weight excluding hydrogens is 382 g/mol. The molecule has 8 nitrogen and oxygen atoms in total. The topological polar surface area (TPSA) is 102 Å². The van der Waals surface area contributed by atoms with Crippen LogP contribution in [0.1, 0.15) is 0 Å². The quantitative estimate of drug-likeness (QED) is 0.614. The molecule has 1 aliphatic heterocycles. The first-order valence-electron chi connectivity index (χ1n) is 7.76. The number of anilines is 2. The number of hydrogen-bond acceptors (Lipinski definition) is 6. The second-order valence-corrected chi connectivity index (χ2v) is 7.71. The Morgan fingerprint density at radius 3 is 2.58 bits per heavy atom. The maximum atomic E-state index is 12.6. The normalized spacial score (nSPS) is 14.9. The third kappa shape index (κ3) is 4.06. The van der Waals surface area contributed by atoms with Crippen LogP contribution >= 0.6 is 11.6 Å². The fraction of sp³-hybridized carbons (Fsp3) is 0.250. The van der Waals surface area contributed by atoms with E-state index in [0.717, 1.165) is 11.8 Å². The number of benzene rings is 2. The number of hydrogen-bond donors (Lipinski definition) is 1. The molecule has 2 aromatic rings. The van der Waals surface area contributed by atoms with Crippen molar-refractivity contribution in [3.05, 3.63) is 57.6 Å². The molecular formula is C16H16ClN3O5S. The minimum absolute atomic E-state index is 0.209. The number of nitro benzene ring substituents is 1. The van der Waals surface area contributed by atoms with Crippen LogP contribution in [0, 0.1) is 10.1 Å². The van der Waals surface area contributed by atoms with Gasteiger partial charge in [0.25, 0.3) is 15.7 Å². The molecule has 0 unspecified atom stereocenters. The molecule has 26 heavy (non-hydrogen) atoms. The summed E-state index contributed by atoms with van der Waals surface area (Å²) in [5, 5.41) is 11.1. The van der Waals surface area contributed by atoms with Crippen LogP contribution in [-0.4, -0.2) is 39.6 Å². The maximum absolute atomic E-state index is 12.6. The molecule has 1 fully saturated rings. The summed E-state index contributed by atoms with van der Waals surface area (Å²) in [7, 11) is -4.02. The van der Waals surface area contributed by atoms with Gasteiger partial charge in [-0.25, -0.2) is 8.42 Å². The van der Waals surface area contributed by atoms with Gasteiger partial charge in [-0.2, -0.15) is 0 Å². The maximum Gasteiger partial charge on any atom is 0.270 e. The molecule has 0 aliphatic carbocycles. The second-order valence-electron chi connectivity index (χ2n) is 5.62. The Morgan fingerprint density at radius 2 is 1.88 bits per heavy atom. The number of nitro groups is 1. The van der Waals surface area contributed by atoms with Crippen LogP contribution in [0.4, 0.5) is 17.1 Å². The molecule has 0 atom stereocenters. The number of nitrogens with zero attached hydrogens (tertiary/aromatic N) is 2. The van der Waals surface area contributed by atoms with Crippen LogP contribution in [-0.2, 0) is 14.8 Å². The van der Waals surface area contributed by atoms with Gasteiger partial charge in [0.1, 0.15) is 0 Å². The van der Waals surface area contributed by atoms with Crippen LogP contribution < -0.4 is 9.62 Å². The zero-order valence-electron chi connectivity index (χ0n) is 13.6. The lowest BCUT2D eigenvalue weighted by Gasteiger charge is -2.29. The number of non-ortho nitro benzene ring substituents is 1. The van der Waals surface area contributed by atoms with Crippen molar-refractivity contribution < 1.29 is 18.1 Å². The highest BCUT2D eigenvalue weighted by Gasteiger charge is 2.20. The van der Waals surface area contributed by atoms with Crippen molar-refractivity contribution in [2.75, 3.05) is 35.9 Å². The summed E-state index contributed by atoms with van der Waals surface area (Å²) in [5.41, 5.74) is 0.720. The Bertz CT molecular complexity index is 929. The number of sulfonamides is 1. The van der Waals surface area contributed by atoms with Crippen molar-refractivity contribution in [2.24, 2.45) is 0 Å². The van der Waals surface area contributed by atoms with Crippen molar-refractivity contribution in [3.8, 4) is 0 Å². The monoisotopic (exact) mass is 397 g/mol. The summed E-state index contributed by atoms with van der Waals surface area (Å²) in [6.45, 7) is 2.58. The summed E-state index contributed by atoms with van der Waals surface area (Å²) in [6, 6.07) is 9.89. The minimum atomic E-state index is -4.02. The lowest BCUT2D eigenvalue weighted by Crippen LogP contribution is -2.36. The van der Waals surface area contributed by atoms with Crippen molar-refractivity contribution in [1.82, 2.24) is 0 Å². The van der Waals surface area contributed by atoms with Gasteiger partial charge < -0.3 is 9.64 Å². The number of morpholine rings is 1. The van der Waals surface area contributed by atoms with Gasteiger partial charge in [0.05, 0.1) is 33.7 Å². The zero-order chi connectivity index (χ0) is 18.7. The summed E-state index contributed by atoms with van der Waals surface area (Å²) in [6.07, 6.45) is 0. The number of rotatable bonds is 5. The van der Waals surface area contributed by atoms with E-state index in [4.69, 9.17) is 16.3 Å². The van der Waals surface area contributed by atoms with Crippen molar-refractivity contribution in [3.63, 3.8) is 0 Å². The molecule has 0 radical (unpaired) electrons. The van der Waals surface area contributed by atoms with Gasteiger partial charge in [0, 0.05) is 30.9 Å². The van der Waals surface area contributed by atoms with Crippen molar-refractivity contribution in [1.29, 1.82) is 0 Å². The first-order valence-corrected chi connectivity index (χ1v) is 9.62. The fourth-order valence-corrected chi connectivity index (χ4v) is 3.91. The average Bonchev–Trinajstić information content (AvgIpc) is 2.64. The van der Waals surface area contributed by atoms with E-state index in [1.807, 2.05) is 0 Å². The number of nitrogens with one attached hydrogen (secondary N) is 1. The number of ether oxygens (including phenoxy) is 1.